The molecule has 7 nitrogen and oxygen atoms in total. The average Bonchev–Trinajstić information content (AvgIpc) is 3.08. The SMILES string of the molecule is CC(C)NCC(C(=O)N1CCN(c2ncnc3c2[C@H](C)C[C@H]3O)CC1)c1ccc(Br)cc1F. The first-order valence-corrected chi connectivity index (χ1v) is 12.3. The first kappa shape index (κ1) is 24.0. The Morgan fingerprint density at radius 2 is 2.00 bits per heavy atom. The molecule has 1 aliphatic carbocycles. The predicted octanol–water partition coefficient (Wildman–Crippen LogP) is 3.35. The number of nitrogens with zero attached hydrogens (tertiary/aromatic N) is 4. The van der Waals surface area contributed by atoms with Gasteiger partial charge in [0, 0.05) is 54.4 Å². The number of rotatable bonds is 6. The van der Waals surface area contributed by atoms with Gasteiger partial charge < -0.3 is 20.2 Å². The van der Waals surface area contributed by atoms with Crippen molar-refractivity contribution >= 4 is 27.7 Å². The number of aliphatic hydroxyl groups excluding tert-OH is 1. The number of nitrogens with one attached hydrogen (secondary N) is 1. The zero-order valence-corrected chi connectivity index (χ0v) is 20.8. The Morgan fingerprint density at radius 3 is 2.67 bits per heavy atom. The molecule has 0 saturated carbocycles. The molecule has 1 saturated heterocycles. The molecule has 2 aliphatic rings. The van der Waals surface area contributed by atoms with Gasteiger partial charge in [-0.15, -0.1) is 0 Å². The first-order valence-electron chi connectivity index (χ1n) is 11.5. The van der Waals surface area contributed by atoms with E-state index in [1.54, 1.807) is 12.1 Å². The summed E-state index contributed by atoms with van der Waals surface area (Å²) >= 11 is 3.30. The molecular formula is C24H31BrFN5O2. The van der Waals surface area contributed by atoms with Gasteiger partial charge in [0.05, 0.1) is 17.7 Å². The van der Waals surface area contributed by atoms with E-state index in [1.807, 2.05) is 18.7 Å². The molecule has 178 valence electrons. The Bertz CT molecular complexity index is 1010. The third kappa shape index (κ3) is 5.05. The molecular weight excluding hydrogens is 489 g/mol. The molecule has 1 aliphatic heterocycles. The van der Waals surface area contributed by atoms with E-state index in [9.17, 15) is 14.3 Å². The molecule has 2 heterocycles. The number of carbonyl (C=O) groups excluding carboxylic acids is 1. The van der Waals surface area contributed by atoms with Gasteiger partial charge in [-0.2, -0.15) is 0 Å². The highest BCUT2D eigenvalue weighted by Gasteiger charge is 2.35. The van der Waals surface area contributed by atoms with Crippen LogP contribution in [0.15, 0.2) is 29.0 Å². The van der Waals surface area contributed by atoms with E-state index in [1.165, 1.54) is 12.4 Å². The summed E-state index contributed by atoms with van der Waals surface area (Å²) in [5, 5.41) is 13.6. The topological polar surface area (TPSA) is 81.6 Å². The van der Waals surface area contributed by atoms with E-state index in [0.717, 1.165) is 17.1 Å². The first-order chi connectivity index (χ1) is 15.8. The summed E-state index contributed by atoms with van der Waals surface area (Å²) in [7, 11) is 0. The molecule has 4 rings (SSSR count). The van der Waals surface area contributed by atoms with Crippen molar-refractivity contribution < 1.29 is 14.3 Å². The molecule has 33 heavy (non-hydrogen) atoms. The van der Waals surface area contributed by atoms with Crippen LogP contribution in [0.5, 0.6) is 0 Å². The van der Waals surface area contributed by atoms with Crippen molar-refractivity contribution in [3.05, 3.63) is 51.6 Å². The maximum absolute atomic E-state index is 14.8. The minimum absolute atomic E-state index is 0.0688. The van der Waals surface area contributed by atoms with Crippen molar-refractivity contribution in [2.45, 2.75) is 51.2 Å². The fourth-order valence-corrected chi connectivity index (χ4v) is 5.11. The molecule has 1 amide bonds. The molecule has 1 aromatic heterocycles. The van der Waals surface area contributed by atoms with Crippen LogP contribution in [0.3, 0.4) is 0 Å². The Hall–Kier alpha value is -2.10. The fourth-order valence-electron chi connectivity index (χ4n) is 4.78. The molecule has 0 radical (unpaired) electrons. The third-order valence-corrected chi connectivity index (χ3v) is 7.03. The molecule has 1 unspecified atom stereocenters. The van der Waals surface area contributed by atoms with Crippen molar-refractivity contribution in [3.8, 4) is 0 Å². The number of aliphatic hydroxyl groups is 1. The van der Waals surface area contributed by atoms with Gasteiger partial charge in [0.1, 0.15) is 18.0 Å². The molecule has 2 aromatic rings. The summed E-state index contributed by atoms with van der Waals surface area (Å²) in [6.45, 7) is 8.81. The Balaban J connectivity index is 1.50. The third-order valence-electron chi connectivity index (χ3n) is 6.54. The molecule has 9 heteroatoms. The average molecular weight is 520 g/mol. The zero-order chi connectivity index (χ0) is 23.7. The standard InChI is InChI=1S/C24H31BrFN5O2/c1-14(2)27-12-18(17-5-4-16(25)11-19(17)26)24(33)31-8-6-30(7-9-31)23-21-15(3)10-20(32)22(21)28-13-29-23/h4-5,11,13-15,18,20,27,32H,6-10,12H2,1-3H3/t15-,18?,20-/m1/s1. The van der Waals surface area contributed by atoms with Gasteiger partial charge in [-0.1, -0.05) is 42.8 Å². The highest BCUT2D eigenvalue weighted by Crippen LogP contribution is 2.42. The smallest absolute Gasteiger partial charge is 0.231 e. The van der Waals surface area contributed by atoms with Gasteiger partial charge >= 0.3 is 0 Å². The lowest BCUT2D eigenvalue weighted by Crippen LogP contribution is -2.51. The lowest BCUT2D eigenvalue weighted by atomic mass is 9.96. The molecule has 1 fully saturated rings. The summed E-state index contributed by atoms with van der Waals surface area (Å²) in [6, 6.07) is 5.07. The molecule has 0 spiro atoms. The summed E-state index contributed by atoms with van der Waals surface area (Å²) in [4.78, 5) is 26.3. The van der Waals surface area contributed by atoms with Crippen molar-refractivity contribution in [2.75, 3.05) is 37.6 Å². The number of fused-ring (bicyclic) bond motifs is 1. The molecule has 2 N–H and O–H groups in total. The minimum atomic E-state index is -0.592. The van der Waals surface area contributed by atoms with E-state index in [0.29, 0.717) is 49.2 Å². The normalized spacial score (nSPS) is 21.4. The van der Waals surface area contributed by atoms with Crippen molar-refractivity contribution in [2.24, 2.45) is 0 Å². The second-order valence-electron chi connectivity index (χ2n) is 9.24. The zero-order valence-electron chi connectivity index (χ0n) is 19.3. The summed E-state index contributed by atoms with van der Waals surface area (Å²) in [5.41, 5.74) is 2.15. The number of aromatic nitrogens is 2. The second-order valence-corrected chi connectivity index (χ2v) is 10.2. The minimum Gasteiger partial charge on any atom is -0.387 e. The molecule has 1 aromatic carbocycles. The van der Waals surface area contributed by atoms with Crippen LogP contribution in [0, 0.1) is 5.82 Å². The molecule has 3 atom stereocenters. The quantitative estimate of drug-likeness (QED) is 0.608. The lowest BCUT2D eigenvalue weighted by Gasteiger charge is -2.38. The maximum atomic E-state index is 14.8. The Morgan fingerprint density at radius 1 is 1.27 bits per heavy atom. The second kappa shape index (κ2) is 10.0. The number of halogens is 2. The highest BCUT2D eigenvalue weighted by atomic mass is 79.9. The van der Waals surface area contributed by atoms with Crippen LogP contribution < -0.4 is 10.2 Å². The Kier molecular flexibility index (Phi) is 7.31. The van der Waals surface area contributed by atoms with E-state index < -0.39 is 12.0 Å². The van der Waals surface area contributed by atoms with Gasteiger partial charge in [0.2, 0.25) is 5.91 Å². The van der Waals surface area contributed by atoms with Gasteiger partial charge in [0.15, 0.2) is 0 Å². The lowest BCUT2D eigenvalue weighted by molar-refractivity contribution is -0.133. The summed E-state index contributed by atoms with van der Waals surface area (Å²) in [5.74, 6) is 0.00751. The number of amides is 1. The van der Waals surface area contributed by atoms with Crippen LogP contribution in [0.4, 0.5) is 10.2 Å². The van der Waals surface area contributed by atoms with Crippen LogP contribution in [0.25, 0.3) is 0 Å². The van der Waals surface area contributed by atoms with Crippen LogP contribution in [-0.4, -0.2) is 64.6 Å². The maximum Gasteiger partial charge on any atom is 0.231 e. The predicted molar refractivity (Wildman–Crippen MR) is 129 cm³/mol. The number of hydrogen-bond donors (Lipinski definition) is 2. The Labute approximate surface area is 202 Å². The number of anilines is 1. The number of hydrogen-bond acceptors (Lipinski definition) is 6. The van der Waals surface area contributed by atoms with Crippen molar-refractivity contribution in [1.82, 2.24) is 20.2 Å². The van der Waals surface area contributed by atoms with Gasteiger partial charge in [0.25, 0.3) is 0 Å². The van der Waals surface area contributed by atoms with Gasteiger partial charge in [-0.3, -0.25) is 4.79 Å². The van der Waals surface area contributed by atoms with Crippen LogP contribution in [-0.2, 0) is 4.79 Å². The van der Waals surface area contributed by atoms with Crippen LogP contribution in [0.1, 0.15) is 62.0 Å². The highest BCUT2D eigenvalue weighted by molar-refractivity contribution is 9.10. The van der Waals surface area contributed by atoms with Gasteiger partial charge in [-0.25, -0.2) is 14.4 Å². The number of carbonyl (C=O) groups is 1. The number of piperazine rings is 1. The van der Waals surface area contributed by atoms with E-state index in [4.69, 9.17) is 0 Å². The summed E-state index contributed by atoms with van der Waals surface area (Å²) in [6.07, 6.45) is 1.62. The van der Waals surface area contributed by atoms with Crippen molar-refractivity contribution in [3.63, 3.8) is 0 Å². The van der Waals surface area contributed by atoms with Crippen LogP contribution in [0.2, 0.25) is 0 Å². The van der Waals surface area contributed by atoms with Crippen molar-refractivity contribution in [1.29, 1.82) is 0 Å². The monoisotopic (exact) mass is 519 g/mol. The van der Waals surface area contributed by atoms with E-state index in [-0.39, 0.29) is 23.7 Å². The van der Waals surface area contributed by atoms with E-state index in [2.05, 4.69) is 43.0 Å². The van der Waals surface area contributed by atoms with E-state index >= 15 is 0 Å². The summed E-state index contributed by atoms with van der Waals surface area (Å²) < 4.78 is 15.4. The number of benzene rings is 1. The van der Waals surface area contributed by atoms with Crippen LogP contribution >= 0.6 is 15.9 Å². The fraction of sp³-hybridized carbons (Fsp3) is 0.542. The van der Waals surface area contributed by atoms with Gasteiger partial charge in [-0.05, 0) is 24.5 Å². The molecule has 0 bridgehead atoms. The largest absolute Gasteiger partial charge is 0.387 e.